The molecule has 0 aliphatic rings. The van der Waals surface area contributed by atoms with Crippen molar-refractivity contribution in [2.45, 2.75) is 6.92 Å². The van der Waals surface area contributed by atoms with E-state index >= 15 is 0 Å². The van der Waals surface area contributed by atoms with E-state index in [-0.39, 0.29) is 10.8 Å². The second-order valence-corrected chi connectivity index (χ2v) is 4.98. The molecule has 94 valence electrons. The van der Waals surface area contributed by atoms with E-state index in [2.05, 4.69) is 26.2 Å². The van der Waals surface area contributed by atoms with Gasteiger partial charge in [0.2, 0.25) is 0 Å². The van der Waals surface area contributed by atoms with E-state index in [1.807, 2.05) is 0 Å². The standard InChI is InChI=1S/C12H8BrClF2N2/c1-6-2-8(13)9(15)4-11(6)18-12-10(16)3-7(14)5-17-12/h2-5H,1H3,(H,17,18). The highest BCUT2D eigenvalue weighted by atomic mass is 79.9. The highest BCUT2D eigenvalue weighted by Crippen LogP contribution is 2.27. The fourth-order valence-corrected chi connectivity index (χ4v) is 2.02. The molecule has 18 heavy (non-hydrogen) atoms. The van der Waals surface area contributed by atoms with Gasteiger partial charge in [0.25, 0.3) is 0 Å². The van der Waals surface area contributed by atoms with Crippen LogP contribution >= 0.6 is 27.5 Å². The molecule has 0 saturated heterocycles. The molecule has 2 rings (SSSR count). The molecular formula is C12H8BrClF2N2. The first-order valence-corrected chi connectivity index (χ1v) is 6.18. The minimum absolute atomic E-state index is 0.00391. The number of aromatic nitrogens is 1. The summed E-state index contributed by atoms with van der Waals surface area (Å²) in [5.74, 6) is -1.02. The third kappa shape index (κ3) is 2.79. The fraction of sp³-hybridized carbons (Fsp3) is 0.0833. The Balaban J connectivity index is 2.37. The van der Waals surface area contributed by atoms with E-state index in [0.29, 0.717) is 10.2 Å². The lowest BCUT2D eigenvalue weighted by atomic mass is 10.2. The monoisotopic (exact) mass is 332 g/mol. The molecule has 1 heterocycles. The van der Waals surface area contributed by atoms with Crippen molar-refractivity contribution in [1.82, 2.24) is 4.98 Å². The summed E-state index contributed by atoms with van der Waals surface area (Å²) in [6, 6.07) is 4.02. The van der Waals surface area contributed by atoms with Gasteiger partial charge in [0.05, 0.1) is 9.50 Å². The Hall–Kier alpha value is -1.20. The molecule has 1 aromatic heterocycles. The summed E-state index contributed by atoms with van der Waals surface area (Å²) in [7, 11) is 0. The number of nitrogens with one attached hydrogen (secondary N) is 1. The molecule has 2 nitrogen and oxygen atoms in total. The number of benzene rings is 1. The smallest absolute Gasteiger partial charge is 0.167 e. The Labute approximate surface area is 116 Å². The van der Waals surface area contributed by atoms with Crippen LogP contribution in [0.25, 0.3) is 0 Å². The summed E-state index contributed by atoms with van der Waals surface area (Å²) >= 11 is 8.68. The molecular weight excluding hydrogens is 325 g/mol. The number of nitrogens with zero attached hydrogens (tertiary/aromatic N) is 1. The maximum atomic E-state index is 13.5. The summed E-state index contributed by atoms with van der Waals surface area (Å²) in [6.45, 7) is 1.78. The second kappa shape index (κ2) is 5.20. The van der Waals surface area contributed by atoms with Crippen LogP contribution in [0.1, 0.15) is 5.56 Å². The van der Waals surface area contributed by atoms with Gasteiger partial charge in [-0.15, -0.1) is 0 Å². The molecule has 0 aliphatic carbocycles. The van der Waals surface area contributed by atoms with Crippen LogP contribution in [-0.4, -0.2) is 4.98 Å². The molecule has 0 atom stereocenters. The van der Waals surface area contributed by atoms with Crippen LogP contribution in [0, 0.1) is 18.6 Å². The van der Waals surface area contributed by atoms with Gasteiger partial charge in [-0.1, -0.05) is 11.6 Å². The van der Waals surface area contributed by atoms with Crippen molar-refractivity contribution in [3.8, 4) is 0 Å². The molecule has 2 aromatic rings. The predicted molar refractivity (Wildman–Crippen MR) is 71.3 cm³/mol. The lowest BCUT2D eigenvalue weighted by Crippen LogP contribution is -1.99. The van der Waals surface area contributed by atoms with Gasteiger partial charge < -0.3 is 5.32 Å². The number of aryl methyl sites for hydroxylation is 1. The van der Waals surface area contributed by atoms with Crippen LogP contribution in [0.5, 0.6) is 0 Å². The summed E-state index contributed by atoms with van der Waals surface area (Å²) in [5.41, 5.74) is 1.21. The van der Waals surface area contributed by atoms with E-state index < -0.39 is 11.6 Å². The van der Waals surface area contributed by atoms with Crippen molar-refractivity contribution >= 4 is 39.0 Å². The molecule has 0 radical (unpaired) electrons. The zero-order chi connectivity index (χ0) is 13.3. The minimum atomic E-state index is -0.592. The first-order chi connectivity index (χ1) is 8.47. The van der Waals surface area contributed by atoms with E-state index in [1.54, 1.807) is 13.0 Å². The minimum Gasteiger partial charge on any atom is -0.337 e. The van der Waals surface area contributed by atoms with Crippen molar-refractivity contribution in [1.29, 1.82) is 0 Å². The van der Waals surface area contributed by atoms with Crippen LogP contribution in [0.15, 0.2) is 28.9 Å². The van der Waals surface area contributed by atoms with Crippen LogP contribution < -0.4 is 5.32 Å². The van der Waals surface area contributed by atoms with Gasteiger partial charge in [0.1, 0.15) is 5.82 Å². The van der Waals surface area contributed by atoms with Gasteiger partial charge in [-0.05, 0) is 46.6 Å². The number of hydrogen-bond acceptors (Lipinski definition) is 2. The second-order valence-electron chi connectivity index (χ2n) is 3.69. The lowest BCUT2D eigenvalue weighted by Gasteiger charge is -2.10. The maximum Gasteiger partial charge on any atom is 0.167 e. The summed E-state index contributed by atoms with van der Waals surface area (Å²) in [5, 5.41) is 2.94. The van der Waals surface area contributed by atoms with Crippen LogP contribution in [0.2, 0.25) is 5.02 Å². The molecule has 0 bridgehead atoms. The Morgan fingerprint density at radius 2 is 1.94 bits per heavy atom. The zero-order valence-electron chi connectivity index (χ0n) is 9.27. The quantitative estimate of drug-likeness (QED) is 0.851. The fourth-order valence-electron chi connectivity index (χ4n) is 1.42. The maximum absolute atomic E-state index is 13.5. The molecule has 0 aliphatic heterocycles. The zero-order valence-corrected chi connectivity index (χ0v) is 11.6. The van der Waals surface area contributed by atoms with Gasteiger partial charge >= 0.3 is 0 Å². The molecule has 6 heteroatoms. The van der Waals surface area contributed by atoms with Gasteiger partial charge in [0.15, 0.2) is 11.6 Å². The average Bonchev–Trinajstić information content (AvgIpc) is 2.29. The number of hydrogen-bond donors (Lipinski definition) is 1. The van der Waals surface area contributed by atoms with E-state index in [1.165, 1.54) is 12.3 Å². The highest BCUT2D eigenvalue weighted by Gasteiger charge is 2.09. The van der Waals surface area contributed by atoms with Crippen molar-refractivity contribution < 1.29 is 8.78 Å². The van der Waals surface area contributed by atoms with Gasteiger partial charge in [-0.25, -0.2) is 13.8 Å². The third-order valence-corrected chi connectivity index (χ3v) is 3.14. The molecule has 0 unspecified atom stereocenters. The molecule has 0 fully saturated rings. The number of halogens is 4. The Bertz CT molecular complexity index is 605. The third-order valence-electron chi connectivity index (χ3n) is 2.33. The van der Waals surface area contributed by atoms with Gasteiger partial charge in [0, 0.05) is 11.9 Å². The molecule has 1 aromatic carbocycles. The molecule has 0 spiro atoms. The summed E-state index contributed by atoms with van der Waals surface area (Å²) in [4.78, 5) is 3.81. The van der Waals surface area contributed by atoms with Crippen LogP contribution in [0.3, 0.4) is 0 Å². The summed E-state index contributed by atoms with van der Waals surface area (Å²) in [6.07, 6.45) is 1.32. The van der Waals surface area contributed by atoms with Gasteiger partial charge in [-0.2, -0.15) is 0 Å². The van der Waals surface area contributed by atoms with Crippen LogP contribution in [-0.2, 0) is 0 Å². The van der Waals surface area contributed by atoms with Gasteiger partial charge in [-0.3, -0.25) is 0 Å². The number of anilines is 2. The Morgan fingerprint density at radius 3 is 2.61 bits per heavy atom. The predicted octanol–water partition coefficient (Wildman–Crippen LogP) is 4.83. The number of rotatable bonds is 2. The first-order valence-electron chi connectivity index (χ1n) is 5.01. The Kier molecular flexibility index (Phi) is 3.82. The first kappa shape index (κ1) is 13.2. The average molecular weight is 334 g/mol. The highest BCUT2D eigenvalue weighted by molar-refractivity contribution is 9.10. The van der Waals surface area contributed by atoms with Crippen molar-refractivity contribution in [3.63, 3.8) is 0 Å². The molecule has 1 N–H and O–H groups in total. The lowest BCUT2D eigenvalue weighted by molar-refractivity contribution is 0.619. The van der Waals surface area contributed by atoms with Crippen LogP contribution in [0.4, 0.5) is 20.3 Å². The van der Waals surface area contributed by atoms with Crippen molar-refractivity contribution in [2.75, 3.05) is 5.32 Å². The van der Waals surface area contributed by atoms with E-state index in [9.17, 15) is 8.78 Å². The van der Waals surface area contributed by atoms with Crippen molar-refractivity contribution in [2.24, 2.45) is 0 Å². The SMILES string of the molecule is Cc1cc(Br)c(F)cc1Nc1ncc(Cl)cc1F. The number of pyridine rings is 1. The topological polar surface area (TPSA) is 24.9 Å². The van der Waals surface area contributed by atoms with Crippen molar-refractivity contribution in [3.05, 3.63) is 51.1 Å². The largest absolute Gasteiger partial charge is 0.337 e. The summed E-state index contributed by atoms with van der Waals surface area (Å²) < 4.78 is 27.3. The molecule has 0 amide bonds. The normalized spacial score (nSPS) is 10.5. The van der Waals surface area contributed by atoms with E-state index in [4.69, 9.17) is 11.6 Å². The van der Waals surface area contributed by atoms with E-state index in [0.717, 1.165) is 11.6 Å². The molecule has 0 saturated carbocycles. The Morgan fingerprint density at radius 1 is 1.22 bits per heavy atom.